The van der Waals surface area contributed by atoms with Crippen LogP contribution in [-0.4, -0.2) is 22.4 Å². The number of thioether (sulfide) groups is 1. The Labute approximate surface area is 169 Å². The lowest BCUT2D eigenvalue weighted by molar-refractivity contribution is -0.113. The molecule has 1 heterocycles. The molecule has 5 nitrogen and oxygen atoms in total. The van der Waals surface area contributed by atoms with E-state index >= 15 is 0 Å². The number of benzene rings is 1. The number of carbonyl (C=O) groups is 2. The number of nitriles is 1. The highest BCUT2D eigenvalue weighted by atomic mass is 35.5. The molecule has 9 heteroatoms. The Morgan fingerprint density at radius 1 is 1.23 bits per heavy atom. The van der Waals surface area contributed by atoms with Gasteiger partial charge >= 0.3 is 0 Å². The topological polar surface area (TPSA) is 82.8 Å². The van der Waals surface area contributed by atoms with Crippen molar-refractivity contribution in [1.82, 2.24) is 4.98 Å². The smallest absolute Gasteiger partial charge is 0.234 e. The van der Waals surface area contributed by atoms with E-state index in [1.807, 2.05) is 6.07 Å². The minimum Gasteiger partial charge on any atom is -0.323 e. The molecule has 1 N–H and O–H groups in total. The van der Waals surface area contributed by atoms with Crippen molar-refractivity contribution in [2.45, 2.75) is 18.9 Å². The van der Waals surface area contributed by atoms with Crippen molar-refractivity contribution in [3.05, 3.63) is 50.1 Å². The molecule has 0 spiro atoms. The quantitative estimate of drug-likeness (QED) is 0.525. The zero-order valence-corrected chi connectivity index (χ0v) is 16.8. The lowest BCUT2D eigenvalue weighted by Gasteiger charge is -2.10. The predicted octanol–water partition coefficient (Wildman–Crippen LogP) is 5.16. The molecule has 0 bridgehead atoms. The van der Waals surface area contributed by atoms with E-state index in [0.717, 1.165) is 11.8 Å². The monoisotopic (exact) mass is 427 g/mol. The van der Waals surface area contributed by atoms with Gasteiger partial charge in [0.15, 0.2) is 5.78 Å². The van der Waals surface area contributed by atoms with Crippen LogP contribution in [0.25, 0.3) is 0 Å². The number of hydrogen-bond donors (Lipinski definition) is 1. The Hall–Kier alpha value is -1.78. The van der Waals surface area contributed by atoms with Crippen molar-refractivity contribution in [2.24, 2.45) is 0 Å². The SMILES string of the molecule is CC(=O)c1cc(C#N)c(SCC(=O)Nc2c(Cl)cc(Cl)cc2Cl)nc1C. The van der Waals surface area contributed by atoms with Gasteiger partial charge in [-0.15, -0.1) is 0 Å². The second-order valence-electron chi connectivity index (χ2n) is 5.22. The first-order valence-electron chi connectivity index (χ1n) is 7.22. The Balaban J connectivity index is 2.14. The van der Waals surface area contributed by atoms with Crippen LogP contribution < -0.4 is 5.32 Å². The van der Waals surface area contributed by atoms with E-state index in [9.17, 15) is 14.9 Å². The zero-order chi connectivity index (χ0) is 19.4. The maximum atomic E-state index is 12.2. The van der Waals surface area contributed by atoms with E-state index in [2.05, 4.69) is 10.3 Å². The van der Waals surface area contributed by atoms with Gasteiger partial charge in [-0.1, -0.05) is 46.6 Å². The molecule has 1 aromatic heterocycles. The molecule has 0 saturated heterocycles. The number of nitrogens with one attached hydrogen (secondary N) is 1. The van der Waals surface area contributed by atoms with Crippen LogP contribution in [0.1, 0.15) is 28.5 Å². The van der Waals surface area contributed by atoms with Crippen LogP contribution in [-0.2, 0) is 4.79 Å². The van der Waals surface area contributed by atoms with Crippen molar-refractivity contribution in [1.29, 1.82) is 5.26 Å². The first kappa shape index (κ1) is 20.5. The molecule has 0 aliphatic heterocycles. The van der Waals surface area contributed by atoms with Gasteiger partial charge in [0.05, 0.1) is 27.0 Å². The third-order valence-electron chi connectivity index (χ3n) is 3.29. The normalized spacial score (nSPS) is 10.3. The van der Waals surface area contributed by atoms with Gasteiger partial charge in [-0.05, 0) is 32.0 Å². The first-order chi connectivity index (χ1) is 12.2. The van der Waals surface area contributed by atoms with Crippen LogP contribution in [0, 0.1) is 18.3 Å². The highest BCUT2D eigenvalue weighted by molar-refractivity contribution is 8.00. The molecule has 26 heavy (non-hydrogen) atoms. The number of nitrogens with zero attached hydrogens (tertiary/aromatic N) is 2. The molecule has 0 aliphatic rings. The maximum absolute atomic E-state index is 12.2. The van der Waals surface area contributed by atoms with Gasteiger partial charge in [-0.3, -0.25) is 9.59 Å². The minimum atomic E-state index is -0.375. The molecule has 1 amide bonds. The van der Waals surface area contributed by atoms with Crippen molar-refractivity contribution < 1.29 is 9.59 Å². The molecule has 2 aromatic rings. The summed E-state index contributed by atoms with van der Waals surface area (Å²) in [5, 5.41) is 13.0. The minimum absolute atomic E-state index is 0.0180. The number of aryl methyl sites for hydroxylation is 1. The predicted molar refractivity (Wildman–Crippen MR) is 105 cm³/mol. The number of amides is 1. The average Bonchev–Trinajstić information content (AvgIpc) is 2.55. The van der Waals surface area contributed by atoms with E-state index in [1.54, 1.807) is 6.92 Å². The van der Waals surface area contributed by atoms with Gasteiger partial charge in [0, 0.05) is 16.3 Å². The summed E-state index contributed by atoms with van der Waals surface area (Å²) in [6, 6.07) is 6.41. The molecular weight excluding hydrogens is 417 g/mol. The molecule has 0 fully saturated rings. The Morgan fingerprint density at radius 2 is 1.85 bits per heavy atom. The Bertz CT molecular complexity index is 919. The fraction of sp³-hybridized carbons (Fsp3) is 0.176. The molecule has 0 saturated carbocycles. The number of rotatable bonds is 5. The summed E-state index contributed by atoms with van der Waals surface area (Å²) in [4.78, 5) is 28.0. The highest BCUT2D eigenvalue weighted by Gasteiger charge is 2.15. The third kappa shape index (κ3) is 4.89. The molecule has 0 unspecified atom stereocenters. The molecule has 2 rings (SSSR count). The summed E-state index contributed by atoms with van der Waals surface area (Å²) in [5.74, 6) is -0.566. The Kier molecular flexibility index (Phi) is 6.90. The van der Waals surface area contributed by atoms with Crippen LogP contribution in [0.3, 0.4) is 0 Å². The summed E-state index contributed by atoms with van der Waals surface area (Å²) in [6.07, 6.45) is 0. The van der Waals surface area contributed by atoms with Crippen molar-refractivity contribution in [3.63, 3.8) is 0 Å². The second-order valence-corrected chi connectivity index (χ2v) is 7.44. The van der Waals surface area contributed by atoms with E-state index in [-0.39, 0.29) is 38.7 Å². The number of hydrogen-bond acceptors (Lipinski definition) is 5. The summed E-state index contributed by atoms with van der Waals surface area (Å²) >= 11 is 19.0. The van der Waals surface area contributed by atoms with E-state index in [1.165, 1.54) is 25.1 Å². The van der Waals surface area contributed by atoms with Crippen LogP contribution in [0.15, 0.2) is 23.2 Å². The lowest BCUT2D eigenvalue weighted by Crippen LogP contribution is -2.15. The zero-order valence-electron chi connectivity index (χ0n) is 13.7. The van der Waals surface area contributed by atoms with Gasteiger partial charge in [0.1, 0.15) is 11.1 Å². The Morgan fingerprint density at radius 3 is 2.38 bits per heavy atom. The highest BCUT2D eigenvalue weighted by Crippen LogP contribution is 2.34. The molecule has 0 atom stereocenters. The van der Waals surface area contributed by atoms with Crippen LogP contribution in [0.2, 0.25) is 15.1 Å². The fourth-order valence-electron chi connectivity index (χ4n) is 2.10. The summed E-state index contributed by atoms with van der Waals surface area (Å²) in [5.41, 5.74) is 1.39. The van der Waals surface area contributed by atoms with Crippen molar-refractivity contribution in [3.8, 4) is 6.07 Å². The summed E-state index contributed by atoms with van der Waals surface area (Å²) < 4.78 is 0. The number of anilines is 1. The van der Waals surface area contributed by atoms with E-state index < -0.39 is 0 Å². The van der Waals surface area contributed by atoms with E-state index in [0.29, 0.717) is 21.3 Å². The number of halogens is 3. The van der Waals surface area contributed by atoms with Gasteiger partial charge in [0.25, 0.3) is 0 Å². The third-order valence-corrected chi connectivity index (χ3v) is 5.09. The fourth-order valence-corrected chi connectivity index (χ4v) is 3.81. The molecule has 134 valence electrons. The molecular formula is C17H12Cl3N3O2S. The largest absolute Gasteiger partial charge is 0.323 e. The van der Waals surface area contributed by atoms with Crippen molar-refractivity contribution >= 4 is 63.9 Å². The van der Waals surface area contributed by atoms with Crippen LogP contribution in [0.5, 0.6) is 0 Å². The van der Waals surface area contributed by atoms with Gasteiger partial charge in [0.2, 0.25) is 5.91 Å². The van der Waals surface area contributed by atoms with Crippen LogP contribution in [0.4, 0.5) is 5.69 Å². The van der Waals surface area contributed by atoms with E-state index in [4.69, 9.17) is 34.8 Å². The second kappa shape index (κ2) is 8.74. The van der Waals surface area contributed by atoms with Crippen LogP contribution >= 0.6 is 46.6 Å². The first-order valence-corrected chi connectivity index (χ1v) is 9.34. The molecule has 0 radical (unpaired) electrons. The molecule has 1 aromatic carbocycles. The lowest BCUT2D eigenvalue weighted by atomic mass is 10.1. The maximum Gasteiger partial charge on any atom is 0.234 e. The van der Waals surface area contributed by atoms with Gasteiger partial charge < -0.3 is 5.32 Å². The summed E-state index contributed by atoms with van der Waals surface area (Å²) in [6.45, 7) is 3.08. The number of pyridine rings is 1. The molecule has 0 aliphatic carbocycles. The average molecular weight is 429 g/mol. The number of Topliss-reactive ketones (excluding diaryl/α,β-unsaturated/α-hetero) is 1. The number of carbonyl (C=O) groups excluding carboxylic acids is 2. The standard InChI is InChI=1S/C17H12Cl3N3O2S/c1-8-12(9(2)24)3-10(6-21)17(22-8)26-7-15(25)23-16-13(19)4-11(18)5-14(16)20/h3-5H,7H2,1-2H3,(H,23,25). The van der Waals surface area contributed by atoms with Gasteiger partial charge in [-0.25, -0.2) is 4.98 Å². The number of ketones is 1. The van der Waals surface area contributed by atoms with Crippen molar-refractivity contribution in [2.75, 3.05) is 11.1 Å². The summed E-state index contributed by atoms with van der Waals surface area (Å²) in [7, 11) is 0. The number of aromatic nitrogens is 1. The van der Waals surface area contributed by atoms with Gasteiger partial charge in [-0.2, -0.15) is 5.26 Å².